The molecule has 1 heterocycles. The summed E-state index contributed by atoms with van der Waals surface area (Å²) in [6.07, 6.45) is -1.21. The predicted octanol–water partition coefficient (Wildman–Crippen LogP) is 0.00240. The summed E-state index contributed by atoms with van der Waals surface area (Å²) in [5.41, 5.74) is 5.30. The van der Waals surface area contributed by atoms with Crippen molar-refractivity contribution >= 4 is 23.7 Å². The van der Waals surface area contributed by atoms with E-state index < -0.39 is 24.0 Å². The Morgan fingerprint density at radius 1 is 1.12 bits per heavy atom. The third-order valence-electron chi connectivity index (χ3n) is 3.00. The van der Waals surface area contributed by atoms with Crippen LogP contribution in [0.15, 0.2) is 35.4 Å². The molecule has 1 amide bonds. The molecule has 0 radical (unpaired) electrons. The van der Waals surface area contributed by atoms with Crippen LogP contribution in [-0.4, -0.2) is 48.1 Å². The number of esters is 2. The van der Waals surface area contributed by atoms with Crippen LogP contribution >= 0.6 is 0 Å². The molecule has 0 aliphatic carbocycles. The molecule has 0 aromatic heterocycles. The van der Waals surface area contributed by atoms with Crippen molar-refractivity contribution in [2.45, 2.75) is 20.0 Å². The van der Waals surface area contributed by atoms with Gasteiger partial charge in [0.05, 0.1) is 13.2 Å². The Hall–Kier alpha value is -3.10. The number of rotatable bonds is 5. The Morgan fingerprint density at radius 3 is 2.42 bits per heavy atom. The van der Waals surface area contributed by atoms with Gasteiger partial charge in [0.15, 0.2) is 0 Å². The summed E-state index contributed by atoms with van der Waals surface area (Å²) >= 11 is 0. The van der Waals surface area contributed by atoms with Crippen LogP contribution in [0.25, 0.3) is 0 Å². The Labute approximate surface area is 138 Å². The number of nitrogens with one attached hydrogen (secondary N) is 2. The van der Waals surface area contributed by atoms with Gasteiger partial charge in [-0.25, -0.2) is 14.6 Å². The second-order valence-corrected chi connectivity index (χ2v) is 4.62. The van der Waals surface area contributed by atoms with E-state index in [-0.39, 0.29) is 19.0 Å². The Bertz CT molecular complexity index is 647. The maximum absolute atomic E-state index is 12.7. The maximum atomic E-state index is 12.7. The summed E-state index contributed by atoms with van der Waals surface area (Å²) < 4.78 is 9.75. The predicted molar refractivity (Wildman–Crippen MR) is 83.4 cm³/mol. The number of benzene rings is 1. The molecule has 2 N–H and O–H groups in total. The molecule has 9 heteroatoms. The fourth-order valence-electron chi connectivity index (χ4n) is 1.94. The van der Waals surface area contributed by atoms with E-state index in [9.17, 15) is 14.4 Å². The van der Waals surface area contributed by atoms with Gasteiger partial charge in [-0.2, -0.15) is 5.10 Å². The molecule has 0 spiro atoms. The van der Waals surface area contributed by atoms with E-state index in [0.717, 1.165) is 5.01 Å². The van der Waals surface area contributed by atoms with Crippen molar-refractivity contribution in [1.82, 2.24) is 15.9 Å². The van der Waals surface area contributed by atoms with Crippen LogP contribution in [0.2, 0.25) is 0 Å². The van der Waals surface area contributed by atoms with E-state index >= 15 is 0 Å². The van der Waals surface area contributed by atoms with Gasteiger partial charge in [-0.1, -0.05) is 18.2 Å². The number of ether oxygens (including phenoxy) is 2. The number of hydrogen-bond donors (Lipinski definition) is 2. The summed E-state index contributed by atoms with van der Waals surface area (Å²) in [7, 11) is 0. The molecule has 24 heavy (non-hydrogen) atoms. The lowest BCUT2D eigenvalue weighted by Crippen LogP contribution is -2.64. The van der Waals surface area contributed by atoms with Gasteiger partial charge in [-0.05, 0) is 26.0 Å². The topological polar surface area (TPSA) is 109 Å². The van der Waals surface area contributed by atoms with Crippen molar-refractivity contribution in [1.29, 1.82) is 0 Å². The van der Waals surface area contributed by atoms with Gasteiger partial charge in [0.25, 0.3) is 11.7 Å². The first-order chi connectivity index (χ1) is 11.6. The molecule has 0 fully saturated rings. The summed E-state index contributed by atoms with van der Waals surface area (Å²) in [6.45, 7) is 3.57. The van der Waals surface area contributed by atoms with Crippen molar-refractivity contribution in [3.63, 3.8) is 0 Å². The van der Waals surface area contributed by atoms with Gasteiger partial charge >= 0.3 is 11.9 Å². The van der Waals surface area contributed by atoms with Crippen LogP contribution in [0, 0.1) is 0 Å². The minimum atomic E-state index is -1.21. The van der Waals surface area contributed by atoms with Gasteiger partial charge in [0.1, 0.15) is 0 Å². The first kappa shape index (κ1) is 17.3. The number of hydrazine groups is 1. The summed E-state index contributed by atoms with van der Waals surface area (Å²) in [5, 5.41) is 4.70. The molecule has 1 aliphatic rings. The van der Waals surface area contributed by atoms with Crippen molar-refractivity contribution < 1.29 is 23.9 Å². The monoisotopic (exact) mass is 334 g/mol. The average Bonchev–Trinajstić information content (AvgIpc) is 2.61. The molecule has 1 unspecified atom stereocenters. The molecule has 2 rings (SSSR count). The molecule has 1 aromatic rings. The molecule has 128 valence electrons. The van der Waals surface area contributed by atoms with Gasteiger partial charge in [-0.15, -0.1) is 0 Å². The van der Waals surface area contributed by atoms with Gasteiger partial charge in [0, 0.05) is 5.56 Å². The SMILES string of the molecule is CCOC(=O)C1=NNC(C(=O)OCC)N(C(=O)c2ccccc2)N1. The minimum absolute atomic E-state index is 0.138. The van der Waals surface area contributed by atoms with Crippen LogP contribution in [0.5, 0.6) is 0 Å². The average molecular weight is 334 g/mol. The minimum Gasteiger partial charge on any atom is -0.463 e. The third kappa shape index (κ3) is 3.80. The normalized spacial score (nSPS) is 16.3. The first-order valence-corrected chi connectivity index (χ1v) is 7.40. The van der Waals surface area contributed by atoms with Gasteiger partial charge < -0.3 is 9.47 Å². The van der Waals surface area contributed by atoms with Crippen LogP contribution in [0.1, 0.15) is 24.2 Å². The van der Waals surface area contributed by atoms with Crippen molar-refractivity contribution in [3.05, 3.63) is 35.9 Å². The van der Waals surface area contributed by atoms with E-state index in [1.54, 1.807) is 44.2 Å². The second-order valence-electron chi connectivity index (χ2n) is 4.62. The number of hydrazone groups is 1. The zero-order valence-electron chi connectivity index (χ0n) is 13.3. The maximum Gasteiger partial charge on any atom is 0.377 e. The van der Waals surface area contributed by atoms with E-state index in [2.05, 4.69) is 16.0 Å². The molecule has 9 nitrogen and oxygen atoms in total. The summed E-state index contributed by atoms with van der Waals surface area (Å²) in [5.74, 6) is -2.22. The molecular formula is C15H18N4O5. The highest BCUT2D eigenvalue weighted by Crippen LogP contribution is 2.09. The Balaban J connectivity index is 2.27. The van der Waals surface area contributed by atoms with Crippen molar-refractivity contribution in [2.24, 2.45) is 5.10 Å². The van der Waals surface area contributed by atoms with Crippen LogP contribution < -0.4 is 10.9 Å². The quantitative estimate of drug-likeness (QED) is 0.730. The number of nitrogens with zero attached hydrogens (tertiary/aromatic N) is 2. The van der Waals surface area contributed by atoms with E-state index in [1.807, 2.05) is 0 Å². The zero-order valence-corrected chi connectivity index (χ0v) is 13.3. The van der Waals surface area contributed by atoms with Gasteiger partial charge in [-0.3, -0.25) is 15.6 Å². The lowest BCUT2D eigenvalue weighted by molar-refractivity contribution is -0.151. The van der Waals surface area contributed by atoms with Crippen LogP contribution in [-0.2, 0) is 19.1 Å². The van der Waals surface area contributed by atoms with E-state index in [0.29, 0.717) is 5.56 Å². The first-order valence-electron chi connectivity index (χ1n) is 7.40. The molecule has 1 atom stereocenters. The lowest BCUT2D eigenvalue weighted by atomic mass is 10.2. The molecule has 0 bridgehead atoms. The highest BCUT2D eigenvalue weighted by atomic mass is 16.5. The van der Waals surface area contributed by atoms with Gasteiger partial charge in [0.2, 0.25) is 6.17 Å². The number of amidine groups is 1. The number of carbonyl (C=O) groups is 3. The van der Waals surface area contributed by atoms with Crippen LogP contribution in [0.3, 0.4) is 0 Å². The molecule has 1 aromatic carbocycles. The summed E-state index contributed by atoms with van der Waals surface area (Å²) in [6, 6.07) is 8.30. The summed E-state index contributed by atoms with van der Waals surface area (Å²) in [4.78, 5) is 36.5. The smallest absolute Gasteiger partial charge is 0.377 e. The zero-order chi connectivity index (χ0) is 17.5. The van der Waals surface area contributed by atoms with E-state index in [4.69, 9.17) is 9.47 Å². The molecular weight excluding hydrogens is 316 g/mol. The largest absolute Gasteiger partial charge is 0.463 e. The van der Waals surface area contributed by atoms with Crippen molar-refractivity contribution in [3.8, 4) is 0 Å². The third-order valence-corrected chi connectivity index (χ3v) is 3.00. The second kappa shape index (κ2) is 7.95. The molecule has 0 saturated carbocycles. The Morgan fingerprint density at radius 2 is 1.79 bits per heavy atom. The van der Waals surface area contributed by atoms with Crippen LogP contribution in [0.4, 0.5) is 0 Å². The number of hydrogen-bond acceptors (Lipinski definition) is 8. The molecule has 0 saturated heterocycles. The van der Waals surface area contributed by atoms with E-state index in [1.165, 1.54) is 0 Å². The standard InChI is InChI=1S/C15H18N4O5/c1-3-23-14(21)11-16-17-12(15(22)24-4-2)19(18-11)13(20)10-8-6-5-7-9-10/h5-9,12,17H,3-4H2,1-2H3,(H,16,18). The fourth-order valence-corrected chi connectivity index (χ4v) is 1.94. The highest BCUT2D eigenvalue weighted by Gasteiger charge is 2.37. The fraction of sp³-hybridized carbons (Fsp3) is 0.333. The number of amides is 1. The highest BCUT2D eigenvalue weighted by molar-refractivity contribution is 6.35. The lowest BCUT2D eigenvalue weighted by Gasteiger charge is -2.33. The molecule has 1 aliphatic heterocycles. The van der Waals surface area contributed by atoms with Crippen molar-refractivity contribution in [2.75, 3.05) is 13.2 Å². The Kier molecular flexibility index (Phi) is 5.72. The number of carbonyl (C=O) groups excluding carboxylic acids is 3.